The van der Waals surface area contributed by atoms with Gasteiger partial charge in [0, 0.05) is 18.4 Å². The van der Waals surface area contributed by atoms with Crippen molar-refractivity contribution in [3.63, 3.8) is 0 Å². The van der Waals surface area contributed by atoms with Gasteiger partial charge in [0.05, 0.1) is 6.10 Å². The van der Waals surface area contributed by atoms with Crippen LogP contribution < -0.4 is 0 Å². The molecule has 0 radical (unpaired) electrons. The molecule has 0 saturated carbocycles. The van der Waals surface area contributed by atoms with E-state index in [1.165, 1.54) is 0 Å². The van der Waals surface area contributed by atoms with Crippen molar-refractivity contribution in [2.24, 2.45) is 5.41 Å². The number of carbonyl (C=O) groups is 1. The number of ketones is 1. The van der Waals surface area contributed by atoms with Gasteiger partial charge in [-0.25, -0.2) is 0 Å². The molecule has 0 fully saturated rings. The minimum Gasteiger partial charge on any atom is -0.379 e. The van der Waals surface area contributed by atoms with Gasteiger partial charge in [-0.3, -0.25) is 4.79 Å². The molecule has 0 spiro atoms. The largest absolute Gasteiger partial charge is 0.379 e. The van der Waals surface area contributed by atoms with Gasteiger partial charge in [0.2, 0.25) is 0 Å². The van der Waals surface area contributed by atoms with Crippen molar-refractivity contribution in [3.8, 4) is 0 Å². The highest BCUT2D eigenvalue weighted by atomic mass is 16.5. The Morgan fingerprint density at radius 1 is 1.29 bits per heavy atom. The van der Waals surface area contributed by atoms with E-state index in [0.29, 0.717) is 24.9 Å². The van der Waals surface area contributed by atoms with Crippen LogP contribution in [0.15, 0.2) is 0 Å². The molecular formula is C15H30O2. The molecule has 0 rings (SSSR count). The van der Waals surface area contributed by atoms with Crippen molar-refractivity contribution in [3.05, 3.63) is 0 Å². The lowest BCUT2D eigenvalue weighted by molar-refractivity contribution is -0.129. The van der Waals surface area contributed by atoms with Crippen molar-refractivity contribution in [2.45, 2.75) is 79.2 Å². The van der Waals surface area contributed by atoms with Gasteiger partial charge in [-0.05, 0) is 32.6 Å². The van der Waals surface area contributed by atoms with E-state index in [9.17, 15) is 4.79 Å². The van der Waals surface area contributed by atoms with Gasteiger partial charge >= 0.3 is 0 Å². The summed E-state index contributed by atoms with van der Waals surface area (Å²) in [5.74, 6) is 0.412. The third-order valence-corrected chi connectivity index (χ3v) is 3.78. The molecule has 0 N–H and O–H groups in total. The quantitative estimate of drug-likeness (QED) is 0.532. The number of Topliss-reactive ketones (excluding diaryl/α,β-unsaturated/α-hetero) is 1. The molecule has 2 heteroatoms. The monoisotopic (exact) mass is 242 g/mol. The van der Waals surface area contributed by atoms with Crippen molar-refractivity contribution >= 4 is 5.78 Å². The van der Waals surface area contributed by atoms with Crippen molar-refractivity contribution < 1.29 is 9.53 Å². The Morgan fingerprint density at radius 3 is 2.41 bits per heavy atom. The van der Waals surface area contributed by atoms with Crippen LogP contribution >= 0.6 is 0 Å². The maximum Gasteiger partial charge on any atom is 0.138 e. The molecule has 0 aliphatic heterocycles. The first-order valence-corrected chi connectivity index (χ1v) is 7.15. The van der Waals surface area contributed by atoms with Gasteiger partial charge in [-0.1, -0.05) is 34.1 Å². The van der Waals surface area contributed by atoms with Crippen LogP contribution in [0, 0.1) is 5.41 Å². The third-order valence-electron chi connectivity index (χ3n) is 3.78. The summed E-state index contributed by atoms with van der Waals surface area (Å²) in [6.45, 7) is 11.3. The molecule has 2 unspecified atom stereocenters. The predicted octanol–water partition coefficient (Wildman–Crippen LogP) is 4.37. The fraction of sp³-hybridized carbons (Fsp3) is 0.933. The summed E-state index contributed by atoms with van der Waals surface area (Å²) in [6.07, 6.45) is 5.93. The molecule has 102 valence electrons. The third kappa shape index (κ3) is 6.21. The Hall–Kier alpha value is -0.370. The molecule has 0 amide bonds. The van der Waals surface area contributed by atoms with Crippen LogP contribution in [0.2, 0.25) is 0 Å². The SMILES string of the molecule is CCCC(C)(CC)C(=O)CCCOC(C)CC. The summed E-state index contributed by atoms with van der Waals surface area (Å²) < 4.78 is 5.60. The molecule has 2 nitrogen and oxygen atoms in total. The van der Waals surface area contributed by atoms with Crippen LogP contribution in [0.25, 0.3) is 0 Å². The number of ether oxygens (including phenoxy) is 1. The van der Waals surface area contributed by atoms with Crippen LogP contribution in [-0.2, 0) is 9.53 Å². The van der Waals surface area contributed by atoms with E-state index in [2.05, 4.69) is 34.6 Å². The van der Waals surface area contributed by atoms with E-state index < -0.39 is 0 Å². The van der Waals surface area contributed by atoms with Crippen LogP contribution in [0.3, 0.4) is 0 Å². The Kier molecular flexibility index (Phi) is 8.49. The number of hydrogen-bond donors (Lipinski definition) is 0. The lowest BCUT2D eigenvalue weighted by atomic mass is 9.77. The zero-order chi connectivity index (χ0) is 13.3. The van der Waals surface area contributed by atoms with Gasteiger partial charge in [-0.15, -0.1) is 0 Å². The zero-order valence-electron chi connectivity index (χ0n) is 12.3. The average molecular weight is 242 g/mol. The van der Waals surface area contributed by atoms with Crippen LogP contribution in [0.5, 0.6) is 0 Å². The van der Waals surface area contributed by atoms with Gasteiger partial charge in [0.25, 0.3) is 0 Å². The van der Waals surface area contributed by atoms with Gasteiger partial charge in [0.15, 0.2) is 0 Å². The predicted molar refractivity (Wildman–Crippen MR) is 73.3 cm³/mol. The lowest BCUT2D eigenvalue weighted by Crippen LogP contribution is -2.27. The maximum atomic E-state index is 12.1. The van der Waals surface area contributed by atoms with E-state index in [0.717, 1.165) is 32.1 Å². The van der Waals surface area contributed by atoms with Crippen molar-refractivity contribution in [1.82, 2.24) is 0 Å². The minimum absolute atomic E-state index is 0.106. The number of carbonyl (C=O) groups excluding carboxylic acids is 1. The van der Waals surface area contributed by atoms with Gasteiger partial charge in [-0.2, -0.15) is 0 Å². The lowest BCUT2D eigenvalue weighted by Gasteiger charge is -2.26. The highest BCUT2D eigenvalue weighted by Gasteiger charge is 2.28. The second kappa shape index (κ2) is 8.68. The normalized spacial score (nSPS) is 16.5. The van der Waals surface area contributed by atoms with E-state index in [1.54, 1.807) is 0 Å². The molecule has 2 atom stereocenters. The second-order valence-electron chi connectivity index (χ2n) is 5.28. The summed E-state index contributed by atoms with van der Waals surface area (Å²) in [6, 6.07) is 0. The highest BCUT2D eigenvalue weighted by Crippen LogP contribution is 2.30. The summed E-state index contributed by atoms with van der Waals surface area (Å²) in [7, 11) is 0. The van der Waals surface area contributed by atoms with Gasteiger partial charge < -0.3 is 4.74 Å². The molecule has 0 aliphatic carbocycles. The number of rotatable bonds is 10. The summed E-state index contributed by atoms with van der Waals surface area (Å²) >= 11 is 0. The standard InChI is InChI=1S/C15H30O2/c1-6-11-15(5,8-3)14(16)10-9-12-17-13(4)7-2/h13H,6-12H2,1-5H3. The van der Waals surface area contributed by atoms with Gasteiger partial charge in [0.1, 0.15) is 5.78 Å². The summed E-state index contributed by atoms with van der Waals surface area (Å²) in [5.41, 5.74) is -0.106. The molecule has 17 heavy (non-hydrogen) atoms. The first-order chi connectivity index (χ1) is 8.00. The van der Waals surface area contributed by atoms with E-state index in [-0.39, 0.29) is 5.41 Å². The average Bonchev–Trinajstić information content (AvgIpc) is 2.33. The molecule has 0 heterocycles. The highest BCUT2D eigenvalue weighted by molar-refractivity contribution is 5.84. The molecule has 0 aromatic rings. The number of hydrogen-bond acceptors (Lipinski definition) is 2. The Morgan fingerprint density at radius 2 is 1.94 bits per heavy atom. The molecule has 0 bridgehead atoms. The Balaban J connectivity index is 3.91. The fourth-order valence-electron chi connectivity index (χ4n) is 2.00. The summed E-state index contributed by atoms with van der Waals surface area (Å²) in [5, 5.41) is 0. The maximum absolute atomic E-state index is 12.1. The minimum atomic E-state index is -0.106. The first-order valence-electron chi connectivity index (χ1n) is 7.15. The summed E-state index contributed by atoms with van der Waals surface area (Å²) in [4.78, 5) is 12.1. The first kappa shape index (κ1) is 16.6. The van der Waals surface area contributed by atoms with E-state index in [4.69, 9.17) is 4.74 Å². The fourth-order valence-corrected chi connectivity index (χ4v) is 2.00. The Bertz CT molecular complexity index is 213. The van der Waals surface area contributed by atoms with Crippen LogP contribution in [0.4, 0.5) is 0 Å². The van der Waals surface area contributed by atoms with E-state index >= 15 is 0 Å². The smallest absolute Gasteiger partial charge is 0.138 e. The molecular weight excluding hydrogens is 212 g/mol. The van der Waals surface area contributed by atoms with E-state index in [1.807, 2.05) is 0 Å². The van der Waals surface area contributed by atoms with Crippen molar-refractivity contribution in [2.75, 3.05) is 6.61 Å². The molecule has 0 saturated heterocycles. The van der Waals surface area contributed by atoms with Crippen molar-refractivity contribution in [1.29, 1.82) is 0 Å². The second-order valence-corrected chi connectivity index (χ2v) is 5.28. The molecule has 0 aliphatic rings. The van der Waals surface area contributed by atoms with Crippen LogP contribution in [-0.4, -0.2) is 18.5 Å². The Labute approximate surface area is 107 Å². The molecule has 0 aromatic heterocycles. The van der Waals surface area contributed by atoms with Crippen LogP contribution in [0.1, 0.15) is 73.1 Å². The topological polar surface area (TPSA) is 26.3 Å². The zero-order valence-corrected chi connectivity index (χ0v) is 12.3. The molecule has 0 aromatic carbocycles.